The monoisotopic (exact) mass is 333 g/mol. The van der Waals surface area contributed by atoms with Gasteiger partial charge in [-0.05, 0) is 0 Å². The number of halogens is 13. The van der Waals surface area contributed by atoms with Gasteiger partial charge < -0.3 is 0 Å². The molecule has 0 atom stereocenters. The Balaban J connectivity index is 5.75. The first-order valence-electron chi connectivity index (χ1n) is 3.90. The molecule has 0 fully saturated rings. The van der Waals surface area contributed by atoms with Gasteiger partial charge >= 0.3 is 30.2 Å². The Morgan fingerprint density at radius 1 is 0.600 bits per heavy atom. The maximum absolute atomic E-state index is 12.3. The Morgan fingerprint density at radius 2 is 0.950 bits per heavy atom. The highest BCUT2D eigenvalue weighted by atomic mass is 19.4. The van der Waals surface area contributed by atoms with Gasteiger partial charge in [-0.1, -0.05) is 0 Å². The van der Waals surface area contributed by atoms with E-state index in [1.165, 1.54) is 0 Å². The van der Waals surface area contributed by atoms with E-state index >= 15 is 0 Å². The molecule has 0 aromatic carbocycles. The molecule has 0 aromatic rings. The first-order chi connectivity index (χ1) is 8.38. The molecule has 0 spiro atoms. The summed E-state index contributed by atoms with van der Waals surface area (Å²) in [5.74, 6) is -18.3. The van der Waals surface area contributed by atoms with Crippen molar-refractivity contribution in [2.45, 2.75) is 30.2 Å². The summed E-state index contributed by atoms with van der Waals surface area (Å²) in [5, 5.41) is 0. The van der Waals surface area contributed by atoms with E-state index in [4.69, 9.17) is 0 Å². The van der Waals surface area contributed by atoms with Crippen LogP contribution in [0, 0.1) is 0 Å². The zero-order valence-corrected chi connectivity index (χ0v) is 8.36. The quantitative estimate of drug-likeness (QED) is 0.414. The predicted octanol–water partition coefficient (Wildman–Crippen LogP) is 4.34. The maximum atomic E-state index is 12.3. The number of rotatable bonds is 3. The Kier molecular flexibility index (Phi) is 4.36. The van der Waals surface area contributed by atoms with Crippen molar-refractivity contribution in [1.29, 1.82) is 0 Å². The zero-order chi connectivity index (χ0) is 16.8. The highest BCUT2D eigenvalue weighted by Crippen LogP contribution is 2.48. The van der Waals surface area contributed by atoms with E-state index in [0.717, 1.165) is 0 Å². The van der Waals surface area contributed by atoms with Crippen LogP contribution in [0.3, 0.4) is 0 Å². The molecule has 1 nitrogen and oxygen atoms in total. The van der Waals surface area contributed by atoms with Gasteiger partial charge in [-0.25, -0.2) is 0 Å². The fourth-order valence-corrected chi connectivity index (χ4v) is 0.551. The van der Waals surface area contributed by atoms with E-state index in [-0.39, 0.29) is 4.99 Å². The van der Waals surface area contributed by atoms with Crippen molar-refractivity contribution in [3.05, 3.63) is 0 Å². The molecular weight excluding hydrogens is 333 g/mol. The lowest BCUT2D eigenvalue weighted by atomic mass is 10.2. The minimum atomic E-state index is -7.15. The van der Waals surface area contributed by atoms with Gasteiger partial charge in [0.05, 0.1) is 0 Å². The number of alkyl halides is 12. The number of nitrogens with zero attached hydrogens (tertiary/aromatic N) is 1. The van der Waals surface area contributed by atoms with Crippen LogP contribution in [-0.4, -0.2) is 36.2 Å². The summed E-state index contributed by atoms with van der Waals surface area (Å²) in [7, 11) is 0. The molecule has 0 aliphatic heterocycles. The van der Waals surface area contributed by atoms with Crippen LogP contribution in [0.4, 0.5) is 57.1 Å². The molecule has 0 saturated carbocycles. The van der Waals surface area contributed by atoms with Crippen LogP contribution in [0.1, 0.15) is 0 Å². The van der Waals surface area contributed by atoms with Gasteiger partial charge in [0, 0.05) is 0 Å². The summed E-state index contributed by atoms with van der Waals surface area (Å²) in [6.45, 7) is 0. The summed E-state index contributed by atoms with van der Waals surface area (Å²) < 4.78 is 154. The number of hydrogen-bond donors (Lipinski definition) is 0. The van der Waals surface area contributed by atoms with Crippen LogP contribution in [0.5, 0.6) is 0 Å². The average molecular weight is 333 g/mol. The second-order valence-corrected chi connectivity index (χ2v) is 3.09. The average Bonchev–Trinajstić information content (AvgIpc) is 2.12. The fraction of sp³-hybridized carbons (Fsp3) is 0.833. The first-order valence-corrected chi connectivity index (χ1v) is 3.90. The molecular formula is C6F13N. The molecule has 0 aromatic heterocycles. The van der Waals surface area contributed by atoms with Crippen LogP contribution >= 0.6 is 0 Å². The summed E-state index contributed by atoms with van der Waals surface area (Å²) in [5.41, 5.74) is 0. The third kappa shape index (κ3) is 3.08. The molecule has 0 bridgehead atoms. The van der Waals surface area contributed by atoms with Crippen molar-refractivity contribution >= 4 is 5.97 Å². The molecule has 0 aliphatic carbocycles. The van der Waals surface area contributed by atoms with Crippen molar-refractivity contribution < 1.29 is 57.1 Å². The summed E-state index contributed by atoms with van der Waals surface area (Å²) >= 11 is 0. The largest absolute Gasteiger partial charge is 0.462 e. The van der Waals surface area contributed by atoms with Crippen molar-refractivity contribution in [3.8, 4) is 0 Å². The second kappa shape index (κ2) is 4.65. The summed E-state index contributed by atoms with van der Waals surface area (Å²) in [4.78, 5) is 0.262. The minimum absolute atomic E-state index is 0.262. The van der Waals surface area contributed by atoms with Crippen molar-refractivity contribution in [3.63, 3.8) is 0 Å². The van der Waals surface area contributed by atoms with Crippen molar-refractivity contribution in [2.24, 2.45) is 4.99 Å². The molecule has 14 heteroatoms. The molecule has 0 saturated heterocycles. The number of hydrogen-bond acceptors (Lipinski definition) is 1. The van der Waals surface area contributed by atoms with Gasteiger partial charge in [-0.3, -0.25) is 0 Å². The minimum Gasteiger partial charge on any atom is -0.187 e. The van der Waals surface area contributed by atoms with Gasteiger partial charge in [-0.15, -0.1) is 0 Å². The van der Waals surface area contributed by atoms with E-state index in [1.54, 1.807) is 0 Å². The molecule has 0 unspecified atom stereocenters. The van der Waals surface area contributed by atoms with E-state index in [9.17, 15) is 57.1 Å². The van der Waals surface area contributed by atoms with Gasteiger partial charge in [0.1, 0.15) is 0 Å². The lowest BCUT2D eigenvalue weighted by Crippen LogP contribution is -2.52. The van der Waals surface area contributed by atoms with E-state index in [1.807, 2.05) is 0 Å². The van der Waals surface area contributed by atoms with Crippen LogP contribution in [0.2, 0.25) is 0 Å². The molecule has 20 heavy (non-hydrogen) atoms. The molecule has 0 aliphatic rings. The van der Waals surface area contributed by atoms with Gasteiger partial charge in [0.15, 0.2) is 0 Å². The van der Waals surface area contributed by atoms with Gasteiger partial charge in [-0.2, -0.15) is 62.1 Å². The fourth-order valence-electron chi connectivity index (χ4n) is 0.551. The highest BCUT2D eigenvalue weighted by Gasteiger charge is 2.75. The molecule has 0 amide bonds. The van der Waals surface area contributed by atoms with Gasteiger partial charge in [0.25, 0.3) is 5.97 Å². The maximum Gasteiger partial charge on any atom is 0.462 e. The van der Waals surface area contributed by atoms with E-state index in [0.29, 0.717) is 0 Å². The SMILES string of the molecule is FC(=NC(F)(F)C(F)(F)C(F)(F)F)C(F)(F)C(F)(F)F. The first kappa shape index (κ1) is 18.8. The zero-order valence-electron chi connectivity index (χ0n) is 8.36. The molecule has 0 radical (unpaired) electrons. The lowest BCUT2D eigenvalue weighted by Gasteiger charge is -2.25. The van der Waals surface area contributed by atoms with Crippen LogP contribution in [0.25, 0.3) is 0 Å². The Morgan fingerprint density at radius 3 is 1.20 bits per heavy atom. The lowest BCUT2D eigenvalue weighted by molar-refractivity contribution is -0.352. The predicted molar refractivity (Wildman–Crippen MR) is 35.5 cm³/mol. The highest BCUT2D eigenvalue weighted by molar-refractivity contribution is 5.83. The van der Waals surface area contributed by atoms with Crippen LogP contribution in [-0.2, 0) is 0 Å². The van der Waals surface area contributed by atoms with E-state index < -0.39 is 36.2 Å². The Labute approximate surface area is 99.6 Å². The standard InChI is InChI=1S/C6F13N/c7-1(2(8,9)4(12,13)14)20-6(18,19)3(10,11)5(15,16)17. The third-order valence-electron chi connectivity index (χ3n) is 1.59. The van der Waals surface area contributed by atoms with Crippen molar-refractivity contribution in [1.82, 2.24) is 0 Å². The third-order valence-corrected chi connectivity index (χ3v) is 1.59. The molecule has 0 N–H and O–H groups in total. The molecule has 0 rings (SSSR count). The second-order valence-electron chi connectivity index (χ2n) is 3.09. The van der Waals surface area contributed by atoms with Crippen molar-refractivity contribution in [2.75, 3.05) is 0 Å². The van der Waals surface area contributed by atoms with Gasteiger partial charge in [0.2, 0.25) is 0 Å². The van der Waals surface area contributed by atoms with E-state index in [2.05, 4.69) is 0 Å². The van der Waals surface area contributed by atoms with Crippen LogP contribution < -0.4 is 0 Å². The smallest absolute Gasteiger partial charge is 0.187 e. The topological polar surface area (TPSA) is 12.4 Å². The molecule has 120 valence electrons. The molecule has 0 heterocycles. The van der Waals surface area contributed by atoms with Crippen LogP contribution in [0.15, 0.2) is 4.99 Å². The normalized spacial score (nSPS) is 16.6. The summed E-state index contributed by atoms with van der Waals surface area (Å²) in [6, 6.07) is -6.90. The Hall–Kier alpha value is -1.24. The Bertz CT molecular complexity index is 385. The summed E-state index contributed by atoms with van der Waals surface area (Å²) in [6.07, 6.45) is -13.9. The number of aliphatic imine (C=N–C) groups is 1.